The molecule has 0 atom stereocenters. The molecule has 1 spiro atoms. The minimum absolute atomic E-state index is 0.140. The molecule has 0 aromatic heterocycles. The van der Waals surface area contributed by atoms with Crippen LogP contribution >= 0.6 is 0 Å². The second kappa shape index (κ2) is 4.16. The number of likely N-dealkylation sites (tertiary alicyclic amines) is 2. The Morgan fingerprint density at radius 1 is 1.29 bits per heavy atom. The molecule has 0 bridgehead atoms. The van der Waals surface area contributed by atoms with Crippen LogP contribution in [-0.2, 0) is 4.74 Å². The first-order valence-corrected chi connectivity index (χ1v) is 6.53. The van der Waals surface area contributed by atoms with Gasteiger partial charge in [0.05, 0.1) is 6.61 Å². The van der Waals surface area contributed by atoms with Gasteiger partial charge in [-0.2, -0.15) is 0 Å². The normalized spacial score (nSPS) is 23.9. The average molecular weight is 240 g/mol. The lowest BCUT2D eigenvalue weighted by Crippen LogP contribution is -2.63. The quantitative estimate of drug-likeness (QED) is 0.702. The lowest BCUT2D eigenvalue weighted by molar-refractivity contribution is -0.0515. The second-order valence-electron chi connectivity index (χ2n) is 6.40. The Morgan fingerprint density at radius 3 is 2.47 bits per heavy atom. The molecule has 2 saturated heterocycles. The number of amides is 1. The van der Waals surface area contributed by atoms with Gasteiger partial charge >= 0.3 is 6.09 Å². The van der Waals surface area contributed by atoms with Gasteiger partial charge in [-0.15, -0.1) is 0 Å². The molecule has 2 aliphatic rings. The highest BCUT2D eigenvalue weighted by Gasteiger charge is 2.51. The summed E-state index contributed by atoms with van der Waals surface area (Å²) in [5.41, 5.74) is 0.600. The molecule has 0 N–H and O–H groups in total. The highest BCUT2D eigenvalue weighted by Crippen LogP contribution is 2.42. The van der Waals surface area contributed by atoms with Crippen molar-refractivity contribution in [2.45, 2.75) is 39.7 Å². The zero-order valence-corrected chi connectivity index (χ0v) is 11.5. The molecule has 0 aromatic rings. The van der Waals surface area contributed by atoms with Crippen molar-refractivity contribution in [2.24, 2.45) is 5.41 Å². The van der Waals surface area contributed by atoms with Crippen LogP contribution in [0.5, 0.6) is 0 Å². The van der Waals surface area contributed by atoms with E-state index in [4.69, 9.17) is 4.74 Å². The third-order valence-electron chi connectivity index (χ3n) is 3.97. The Hall–Kier alpha value is -0.770. The van der Waals surface area contributed by atoms with Gasteiger partial charge in [0.2, 0.25) is 0 Å². The summed E-state index contributed by atoms with van der Waals surface area (Å²) in [6.45, 7) is 13.0. The van der Waals surface area contributed by atoms with Crippen LogP contribution in [0.25, 0.3) is 0 Å². The highest BCUT2D eigenvalue weighted by atomic mass is 16.6. The number of ether oxygens (including phenoxy) is 1. The Balaban J connectivity index is 1.86. The average Bonchev–Trinajstić information content (AvgIpc) is 2.58. The Labute approximate surface area is 104 Å². The molecule has 4 nitrogen and oxygen atoms in total. The Morgan fingerprint density at radius 2 is 1.94 bits per heavy atom. The number of carbonyl (C=O) groups excluding carboxylic acids is 1. The summed E-state index contributed by atoms with van der Waals surface area (Å²) in [5, 5.41) is 0. The van der Waals surface area contributed by atoms with Crippen LogP contribution in [-0.4, -0.2) is 54.2 Å². The van der Waals surface area contributed by atoms with Crippen molar-refractivity contribution in [3.63, 3.8) is 0 Å². The molecule has 2 heterocycles. The van der Waals surface area contributed by atoms with E-state index >= 15 is 0 Å². The van der Waals surface area contributed by atoms with E-state index in [1.54, 1.807) is 0 Å². The predicted molar refractivity (Wildman–Crippen MR) is 67.0 cm³/mol. The molecule has 0 radical (unpaired) electrons. The van der Waals surface area contributed by atoms with E-state index in [2.05, 4.69) is 25.7 Å². The van der Waals surface area contributed by atoms with Gasteiger partial charge in [0.1, 0.15) is 0 Å². The molecule has 2 fully saturated rings. The van der Waals surface area contributed by atoms with Gasteiger partial charge in [-0.3, -0.25) is 4.90 Å². The van der Waals surface area contributed by atoms with Crippen molar-refractivity contribution in [1.29, 1.82) is 0 Å². The van der Waals surface area contributed by atoms with Crippen LogP contribution in [0.15, 0.2) is 0 Å². The minimum Gasteiger partial charge on any atom is -0.450 e. The molecule has 17 heavy (non-hydrogen) atoms. The van der Waals surface area contributed by atoms with Gasteiger partial charge in [-0.05, 0) is 34.1 Å². The monoisotopic (exact) mass is 240 g/mol. The fraction of sp³-hybridized carbons (Fsp3) is 0.923. The third-order valence-corrected chi connectivity index (χ3v) is 3.97. The van der Waals surface area contributed by atoms with Crippen LogP contribution < -0.4 is 0 Å². The number of hydrogen-bond donors (Lipinski definition) is 0. The second-order valence-corrected chi connectivity index (χ2v) is 6.40. The van der Waals surface area contributed by atoms with Gasteiger partial charge in [-0.25, -0.2) is 4.79 Å². The summed E-state index contributed by atoms with van der Waals surface area (Å²) in [4.78, 5) is 16.0. The van der Waals surface area contributed by atoms with Crippen molar-refractivity contribution < 1.29 is 9.53 Å². The number of nitrogens with zero attached hydrogens (tertiary/aromatic N) is 2. The molecule has 2 rings (SSSR count). The first-order valence-electron chi connectivity index (χ1n) is 6.53. The third kappa shape index (κ3) is 2.41. The lowest BCUT2D eigenvalue weighted by atomic mass is 9.76. The maximum absolute atomic E-state index is 11.6. The fourth-order valence-corrected chi connectivity index (χ4v) is 2.80. The molecule has 4 heteroatoms. The lowest BCUT2D eigenvalue weighted by Gasteiger charge is -2.54. The van der Waals surface area contributed by atoms with Crippen molar-refractivity contribution in [3.05, 3.63) is 0 Å². The van der Waals surface area contributed by atoms with Gasteiger partial charge < -0.3 is 9.64 Å². The van der Waals surface area contributed by atoms with E-state index in [-0.39, 0.29) is 11.6 Å². The van der Waals surface area contributed by atoms with Gasteiger partial charge in [0, 0.05) is 37.1 Å². The van der Waals surface area contributed by atoms with Crippen LogP contribution in [0.4, 0.5) is 4.79 Å². The van der Waals surface area contributed by atoms with Gasteiger partial charge in [0.15, 0.2) is 0 Å². The van der Waals surface area contributed by atoms with Crippen LogP contribution in [0, 0.1) is 5.41 Å². The summed E-state index contributed by atoms with van der Waals surface area (Å²) in [6, 6.07) is 0. The molecule has 0 aromatic carbocycles. The zero-order valence-electron chi connectivity index (χ0n) is 11.5. The summed E-state index contributed by atoms with van der Waals surface area (Å²) in [7, 11) is 0. The van der Waals surface area contributed by atoms with Gasteiger partial charge in [-0.1, -0.05) is 0 Å². The summed E-state index contributed by atoms with van der Waals surface area (Å²) < 4.78 is 5.06. The molecule has 1 amide bonds. The SMILES string of the molecule is CCOC(=O)N1CCC2(C1)CN(C(C)(C)C)C2. The first-order chi connectivity index (χ1) is 7.86. The summed E-state index contributed by atoms with van der Waals surface area (Å²) in [6.07, 6.45) is 0.983. The Bertz CT molecular complexity index is 303. The van der Waals surface area contributed by atoms with Crippen LogP contribution in [0.1, 0.15) is 34.1 Å². The molecular weight excluding hydrogens is 216 g/mol. The first kappa shape index (κ1) is 12.7. The van der Waals surface area contributed by atoms with E-state index in [1.807, 2.05) is 11.8 Å². The largest absolute Gasteiger partial charge is 0.450 e. The summed E-state index contributed by atoms with van der Waals surface area (Å²) in [5.74, 6) is 0. The maximum atomic E-state index is 11.6. The van der Waals surface area contributed by atoms with E-state index in [1.165, 1.54) is 0 Å². The number of rotatable bonds is 1. The van der Waals surface area contributed by atoms with Crippen LogP contribution in [0.2, 0.25) is 0 Å². The smallest absolute Gasteiger partial charge is 0.409 e. The van der Waals surface area contributed by atoms with Crippen LogP contribution in [0.3, 0.4) is 0 Å². The van der Waals surface area contributed by atoms with Crippen molar-refractivity contribution in [2.75, 3.05) is 32.8 Å². The minimum atomic E-state index is -0.140. The van der Waals surface area contributed by atoms with Crippen molar-refractivity contribution >= 4 is 6.09 Å². The molecular formula is C13H24N2O2. The molecule has 98 valence electrons. The van der Waals surface area contributed by atoms with Crippen molar-refractivity contribution in [3.8, 4) is 0 Å². The number of carbonyl (C=O) groups is 1. The Kier molecular flexibility index (Phi) is 3.10. The molecule has 0 aliphatic carbocycles. The molecule has 0 unspecified atom stereocenters. The highest BCUT2D eigenvalue weighted by molar-refractivity contribution is 5.68. The van der Waals surface area contributed by atoms with E-state index in [0.717, 1.165) is 32.6 Å². The molecule has 2 aliphatic heterocycles. The molecule has 0 saturated carbocycles. The summed E-state index contributed by atoms with van der Waals surface area (Å²) >= 11 is 0. The van der Waals surface area contributed by atoms with E-state index < -0.39 is 0 Å². The number of hydrogen-bond acceptors (Lipinski definition) is 3. The standard InChI is InChI=1S/C13H24N2O2/c1-5-17-11(16)14-7-6-13(8-14)9-15(10-13)12(2,3)4/h5-10H2,1-4H3. The van der Waals surface area contributed by atoms with E-state index in [9.17, 15) is 4.79 Å². The topological polar surface area (TPSA) is 32.8 Å². The van der Waals surface area contributed by atoms with E-state index in [0.29, 0.717) is 12.0 Å². The van der Waals surface area contributed by atoms with Crippen molar-refractivity contribution in [1.82, 2.24) is 9.80 Å². The maximum Gasteiger partial charge on any atom is 0.409 e. The fourth-order valence-electron chi connectivity index (χ4n) is 2.80. The van der Waals surface area contributed by atoms with Gasteiger partial charge in [0.25, 0.3) is 0 Å². The predicted octanol–water partition coefficient (Wildman–Crippen LogP) is 1.95. The zero-order chi connectivity index (χ0) is 12.7.